The Labute approximate surface area is 142 Å². The van der Waals surface area contributed by atoms with Crippen LogP contribution in [0.4, 0.5) is 0 Å². The van der Waals surface area contributed by atoms with Gasteiger partial charge in [0.2, 0.25) is 5.78 Å². The van der Waals surface area contributed by atoms with E-state index < -0.39 is 0 Å². The van der Waals surface area contributed by atoms with Crippen LogP contribution in [0, 0.1) is 0 Å². The zero-order valence-corrected chi connectivity index (χ0v) is 13.9. The third-order valence-electron chi connectivity index (χ3n) is 4.78. The number of benzene rings is 1. The number of fused-ring (bicyclic) bond motifs is 5. The molecule has 0 radical (unpaired) electrons. The summed E-state index contributed by atoms with van der Waals surface area (Å²) < 4.78 is 3.65. The highest BCUT2D eigenvalue weighted by molar-refractivity contribution is 7.18. The fraction of sp³-hybridized carbons (Fsp3) is 0.278. The molecule has 4 aromatic rings. The molecule has 120 valence electrons. The molecule has 1 aromatic carbocycles. The fourth-order valence-corrected chi connectivity index (χ4v) is 5.00. The first kappa shape index (κ1) is 13.9. The van der Waals surface area contributed by atoms with Crippen LogP contribution < -0.4 is 5.56 Å². The van der Waals surface area contributed by atoms with E-state index in [-0.39, 0.29) is 5.56 Å². The molecule has 0 atom stereocenters. The SMILES string of the molecule is O=c1c2c3c(sc2n2cnnc2n1-c1ccccc1)CCCCC3. The normalized spacial score (nSPS) is 14.8. The molecule has 5 nitrogen and oxygen atoms in total. The largest absolute Gasteiger partial charge is 0.268 e. The van der Waals surface area contributed by atoms with Gasteiger partial charge in [0, 0.05) is 4.88 Å². The molecule has 0 unspecified atom stereocenters. The lowest BCUT2D eigenvalue weighted by Gasteiger charge is -2.08. The average molecular weight is 336 g/mol. The first-order valence-electron chi connectivity index (χ1n) is 8.29. The minimum absolute atomic E-state index is 0.0242. The number of nitrogens with zero attached hydrogens (tertiary/aromatic N) is 4. The summed E-state index contributed by atoms with van der Waals surface area (Å²) in [5, 5.41) is 9.13. The van der Waals surface area contributed by atoms with Gasteiger partial charge in [-0.15, -0.1) is 21.5 Å². The van der Waals surface area contributed by atoms with Gasteiger partial charge in [-0.05, 0) is 43.4 Å². The van der Waals surface area contributed by atoms with E-state index in [2.05, 4.69) is 10.2 Å². The number of aromatic nitrogens is 4. The molecule has 5 rings (SSSR count). The van der Waals surface area contributed by atoms with E-state index >= 15 is 0 Å². The highest BCUT2D eigenvalue weighted by Crippen LogP contribution is 2.34. The minimum Gasteiger partial charge on any atom is -0.268 e. The van der Waals surface area contributed by atoms with Crippen molar-refractivity contribution in [1.29, 1.82) is 0 Å². The van der Waals surface area contributed by atoms with Crippen molar-refractivity contribution in [1.82, 2.24) is 19.2 Å². The number of hydrogen-bond acceptors (Lipinski definition) is 4. The van der Waals surface area contributed by atoms with Gasteiger partial charge in [-0.2, -0.15) is 0 Å². The molecule has 3 heterocycles. The standard InChI is InChI=1S/C18H16N4OS/c23-16-15-13-9-5-2-6-10-14(13)24-17(15)21-11-19-20-18(21)22(16)12-7-3-1-4-8-12/h1,3-4,7-8,11H,2,5-6,9-10H2. The lowest BCUT2D eigenvalue weighted by Crippen LogP contribution is -2.21. The van der Waals surface area contributed by atoms with E-state index in [9.17, 15) is 4.79 Å². The lowest BCUT2D eigenvalue weighted by molar-refractivity contribution is 0.713. The van der Waals surface area contributed by atoms with Crippen molar-refractivity contribution >= 4 is 27.3 Å². The Kier molecular flexibility index (Phi) is 3.06. The van der Waals surface area contributed by atoms with Crippen LogP contribution in [0.1, 0.15) is 29.7 Å². The molecule has 0 bridgehead atoms. The summed E-state index contributed by atoms with van der Waals surface area (Å²) in [6.07, 6.45) is 7.38. The zero-order chi connectivity index (χ0) is 16.1. The molecular weight excluding hydrogens is 320 g/mol. The third-order valence-corrected chi connectivity index (χ3v) is 6.07. The van der Waals surface area contributed by atoms with Crippen LogP contribution in [0.2, 0.25) is 0 Å². The maximum absolute atomic E-state index is 13.4. The van der Waals surface area contributed by atoms with Gasteiger partial charge in [-0.25, -0.2) is 4.57 Å². The second-order valence-electron chi connectivity index (χ2n) is 6.22. The van der Waals surface area contributed by atoms with Crippen molar-refractivity contribution in [2.24, 2.45) is 0 Å². The first-order valence-corrected chi connectivity index (χ1v) is 9.10. The molecule has 24 heavy (non-hydrogen) atoms. The molecular formula is C18H16N4OS. The topological polar surface area (TPSA) is 52.2 Å². The maximum atomic E-state index is 13.4. The van der Waals surface area contributed by atoms with Crippen LogP contribution in [0.3, 0.4) is 0 Å². The Bertz CT molecular complexity index is 1110. The van der Waals surface area contributed by atoms with E-state index in [0.717, 1.165) is 35.2 Å². The Hall–Kier alpha value is -2.47. The Morgan fingerprint density at radius 3 is 2.75 bits per heavy atom. The summed E-state index contributed by atoms with van der Waals surface area (Å²) in [5.74, 6) is 0.579. The Morgan fingerprint density at radius 1 is 1.04 bits per heavy atom. The highest BCUT2D eigenvalue weighted by atomic mass is 32.1. The van der Waals surface area contributed by atoms with Gasteiger partial charge in [-0.3, -0.25) is 9.20 Å². The molecule has 3 aromatic heterocycles. The van der Waals surface area contributed by atoms with Crippen LogP contribution in [-0.2, 0) is 12.8 Å². The van der Waals surface area contributed by atoms with Crippen LogP contribution in [-0.4, -0.2) is 19.2 Å². The molecule has 0 saturated heterocycles. The number of rotatable bonds is 1. The van der Waals surface area contributed by atoms with Crippen molar-refractivity contribution in [2.45, 2.75) is 32.1 Å². The summed E-state index contributed by atoms with van der Waals surface area (Å²) in [4.78, 5) is 15.7. The maximum Gasteiger partial charge on any atom is 0.268 e. The van der Waals surface area contributed by atoms with Crippen LogP contribution in [0.25, 0.3) is 21.7 Å². The molecule has 0 N–H and O–H groups in total. The summed E-state index contributed by atoms with van der Waals surface area (Å²) in [6, 6.07) is 9.70. The number of para-hydroxylation sites is 1. The molecule has 1 aliphatic rings. The van der Waals surface area contributed by atoms with E-state index in [1.807, 2.05) is 34.7 Å². The Balaban J connectivity index is 1.96. The van der Waals surface area contributed by atoms with E-state index in [0.29, 0.717) is 5.78 Å². The van der Waals surface area contributed by atoms with Crippen molar-refractivity contribution in [2.75, 3.05) is 0 Å². The number of hydrogen-bond donors (Lipinski definition) is 0. The second-order valence-corrected chi connectivity index (χ2v) is 7.31. The molecule has 0 saturated carbocycles. The van der Waals surface area contributed by atoms with Crippen LogP contribution in [0.15, 0.2) is 41.5 Å². The fourth-order valence-electron chi connectivity index (χ4n) is 3.66. The molecule has 0 fully saturated rings. The van der Waals surface area contributed by atoms with Crippen LogP contribution >= 0.6 is 11.3 Å². The molecule has 0 amide bonds. The van der Waals surface area contributed by atoms with Crippen molar-refractivity contribution in [3.05, 3.63) is 57.5 Å². The first-order chi connectivity index (χ1) is 11.8. The van der Waals surface area contributed by atoms with Crippen molar-refractivity contribution in [3.63, 3.8) is 0 Å². The van der Waals surface area contributed by atoms with Gasteiger partial charge in [0.25, 0.3) is 5.56 Å². The predicted molar refractivity (Wildman–Crippen MR) is 95.2 cm³/mol. The van der Waals surface area contributed by atoms with Gasteiger partial charge in [0.05, 0.1) is 11.1 Å². The quantitative estimate of drug-likeness (QED) is 0.501. The summed E-state index contributed by atoms with van der Waals surface area (Å²) in [6.45, 7) is 0. The zero-order valence-electron chi connectivity index (χ0n) is 13.1. The Morgan fingerprint density at radius 2 is 1.88 bits per heavy atom. The van der Waals surface area contributed by atoms with E-state index in [1.54, 1.807) is 22.2 Å². The predicted octanol–water partition coefficient (Wildman–Crippen LogP) is 3.36. The van der Waals surface area contributed by atoms with Gasteiger partial charge >= 0.3 is 0 Å². The van der Waals surface area contributed by atoms with Gasteiger partial charge in [0.1, 0.15) is 11.2 Å². The number of aryl methyl sites for hydroxylation is 2. The smallest absolute Gasteiger partial charge is 0.268 e. The molecule has 0 aliphatic heterocycles. The second kappa shape index (κ2) is 5.27. The summed E-state index contributed by atoms with van der Waals surface area (Å²) in [5.41, 5.74) is 2.10. The lowest BCUT2D eigenvalue weighted by atomic mass is 10.1. The number of thiophene rings is 1. The molecule has 6 heteroatoms. The van der Waals surface area contributed by atoms with E-state index in [1.165, 1.54) is 23.3 Å². The monoisotopic (exact) mass is 336 g/mol. The van der Waals surface area contributed by atoms with E-state index in [4.69, 9.17) is 0 Å². The molecule has 0 spiro atoms. The summed E-state index contributed by atoms with van der Waals surface area (Å²) >= 11 is 1.73. The average Bonchev–Trinajstić information content (AvgIpc) is 3.15. The highest BCUT2D eigenvalue weighted by Gasteiger charge is 2.22. The van der Waals surface area contributed by atoms with Gasteiger partial charge in [0.15, 0.2) is 0 Å². The summed E-state index contributed by atoms with van der Waals surface area (Å²) in [7, 11) is 0. The molecule has 1 aliphatic carbocycles. The van der Waals surface area contributed by atoms with Crippen molar-refractivity contribution < 1.29 is 0 Å². The van der Waals surface area contributed by atoms with Crippen LogP contribution in [0.5, 0.6) is 0 Å². The van der Waals surface area contributed by atoms with Crippen molar-refractivity contribution in [3.8, 4) is 5.69 Å². The van der Waals surface area contributed by atoms with Gasteiger partial charge < -0.3 is 0 Å². The van der Waals surface area contributed by atoms with Gasteiger partial charge in [-0.1, -0.05) is 24.6 Å². The third kappa shape index (κ3) is 1.89. The minimum atomic E-state index is 0.0242.